The van der Waals surface area contributed by atoms with Crippen molar-refractivity contribution in [3.05, 3.63) is 63.6 Å². The maximum Gasteiger partial charge on any atom is 0.251 e. The molecule has 0 aliphatic carbocycles. The largest absolute Gasteiger partial charge is 0.343 e. The standard InChI is InChI=1S/C16H11Cl2N3O2/c17-12-6-5-10(7-13(12)18)16(23)20-9-15(22)21-14-4-2-1-3-11(14)8-19/h1-7H,9H2,(H,20,23)(H,21,22). The average molecular weight is 348 g/mol. The molecule has 116 valence electrons. The van der Waals surface area contributed by atoms with E-state index in [0.29, 0.717) is 21.8 Å². The highest BCUT2D eigenvalue weighted by Gasteiger charge is 2.11. The highest BCUT2D eigenvalue weighted by atomic mass is 35.5. The quantitative estimate of drug-likeness (QED) is 0.890. The number of hydrogen-bond donors (Lipinski definition) is 2. The van der Waals surface area contributed by atoms with Gasteiger partial charge in [-0.3, -0.25) is 9.59 Å². The van der Waals surface area contributed by atoms with Crippen LogP contribution >= 0.6 is 23.2 Å². The molecule has 5 nitrogen and oxygen atoms in total. The fourth-order valence-electron chi connectivity index (χ4n) is 1.78. The average Bonchev–Trinajstić information content (AvgIpc) is 2.55. The van der Waals surface area contributed by atoms with Gasteiger partial charge in [0.05, 0.1) is 27.8 Å². The second-order valence-electron chi connectivity index (χ2n) is 4.52. The number of halogens is 2. The molecule has 0 saturated heterocycles. The number of anilines is 1. The molecule has 0 aliphatic rings. The van der Waals surface area contributed by atoms with Gasteiger partial charge in [0.25, 0.3) is 5.91 Å². The smallest absolute Gasteiger partial charge is 0.251 e. The lowest BCUT2D eigenvalue weighted by atomic mass is 10.2. The Balaban J connectivity index is 1.95. The molecule has 0 aliphatic heterocycles. The molecule has 0 radical (unpaired) electrons. The number of nitrogens with one attached hydrogen (secondary N) is 2. The number of hydrogen-bond acceptors (Lipinski definition) is 3. The zero-order chi connectivity index (χ0) is 16.8. The third-order valence-corrected chi connectivity index (χ3v) is 3.65. The van der Waals surface area contributed by atoms with Crippen molar-refractivity contribution in [1.29, 1.82) is 5.26 Å². The molecule has 0 bridgehead atoms. The van der Waals surface area contributed by atoms with Gasteiger partial charge >= 0.3 is 0 Å². The Kier molecular flexibility index (Phi) is 5.58. The predicted octanol–water partition coefficient (Wildman–Crippen LogP) is 3.23. The third-order valence-electron chi connectivity index (χ3n) is 2.91. The second kappa shape index (κ2) is 7.63. The van der Waals surface area contributed by atoms with Gasteiger partial charge in [-0.05, 0) is 30.3 Å². The van der Waals surface area contributed by atoms with Gasteiger partial charge in [0.2, 0.25) is 5.91 Å². The maximum absolute atomic E-state index is 11.9. The summed E-state index contributed by atoms with van der Waals surface area (Å²) in [4.78, 5) is 23.8. The van der Waals surface area contributed by atoms with E-state index >= 15 is 0 Å². The number of carbonyl (C=O) groups excluding carboxylic acids is 2. The molecule has 0 atom stereocenters. The molecule has 2 amide bonds. The molecule has 0 aromatic heterocycles. The van der Waals surface area contributed by atoms with E-state index in [1.54, 1.807) is 24.3 Å². The van der Waals surface area contributed by atoms with Gasteiger partial charge in [-0.2, -0.15) is 5.26 Å². The number of benzene rings is 2. The summed E-state index contributed by atoms with van der Waals surface area (Å²) in [7, 11) is 0. The normalized spacial score (nSPS) is 9.78. The Morgan fingerprint density at radius 1 is 1.09 bits per heavy atom. The van der Waals surface area contributed by atoms with E-state index in [-0.39, 0.29) is 11.6 Å². The van der Waals surface area contributed by atoms with Crippen LogP contribution in [0, 0.1) is 11.3 Å². The molecule has 2 aromatic carbocycles. The van der Waals surface area contributed by atoms with E-state index < -0.39 is 11.8 Å². The lowest BCUT2D eigenvalue weighted by molar-refractivity contribution is -0.115. The molecule has 0 heterocycles. The monoisotopic (exact) mass is 347 g/mol. The van der Waals surface area contributed by atoms with Crippen molar-refractivity contribution < 1.29 is 9.59 Å². The van der Waals surface area contributed by atoms with Crippen molar-refractivity contribution in [1.82, 2.24) is 5.32 Å². The van der Waals surface area contributed by atoms with Gasteiger partial charge in [0, 0.05) is 5.56 Å². The van der Waals surface area contributed by atoms with E-state index in [1.807, 2.05) is 6.07 Å². The van der Waals surface area contributed by atoms with Crippen molar-refractivity contribution in [2.24, 2.45) is 0 Å². The summed E-state index contributed by atoms with van der Waals surface area (Å²) in [6, 6.07) is 13.0. The van der Waals surface area contributed by atoms with Gasteiger partial charge in [0.1, 0.15) is 6.07 Å². The van der Waals surface area contributed by atoms with E-state index in [4.69, 9.17) is 28.5 Å². The minimum atomic E-state index is -0.452. The number of carbonyl (C=O) groups is 2. The molecule has 2 N–H and O–H groups in total. The second-order valence-corrected chi connectivity index (χ2v) is 5.33. The Bertz CT molecular complexity index is 800. The van der Waals surface area contributed by atoms with Crippen molar-refractivity contribution in [2.75, 3.05) is 11.9 Å². The van der Waals surface area contributed by atoms with Crippen LogP contribution in [0.25, 0.3) is 0 Å². The minimum Gasteiger partial charge on any atom is -0.343 e. The summed E-state index contributed by atoms with van der Waals surface area (Å²) in [6.07, 6.45) is 0. The fraction of sp³-hybridized carbons (Fsp3) is 0.0625. The van der Waals surface area contributed by atoms with E-state index in [9.17, 15) is 9.59 Å². The van der Waals surface area contributed by atoms with Crippen LogP contribution in [0.1, 0.15) is 15.9 Å². The van der Waals surface area contributed by atoms with Crippen LogP contribution < -0.4 is 10.6 Å². The molecular formula is C16H11Cl2N3O2. The summed E-state index contributed by atoms with van der Waals surface area (Å²) >= 11 is 11.6. The number of amides is 2. The summed E-state index contributed by atoms with van der Waals surface area (Å²) in [5, 5.41) is 14.6. The van der Waals surface area contributed by atoms with Crippen molar-refractivity contribution >= 4 is 40.7 Å². The van der Waals surface area contributed by atoms with E-state index in [1.165, 1.54) is 18.2 Å². The van der Waals surface area contributed by atoms with Gasteiger partial charge in [-0.25, -0.2) is 0 Å². The van der Waals surface area contributed by atoms with Crippen LogP contribution in [0.2, 0.25) is 10.0 Å². The Morgan fingerprint density at radius 2 is 1.83 bits per heavy atom. The van der Waals surface area contributed by atoms with Crippen LogP contribution in [0.5, 0.6) is 0 Å². The number of para-hydroxylation sites is 1. The van der Waals surface area contributed by atoms with Crippen LogP contribution in [0.4, 0.5) is 5.69 Å². The topological polar surface area (TPSA) is 82.0 Å². The third kappa shape index (κ3) is 4.46. The van der Waals surface area contributed by atoms with Gasteiger partial charge in [-0.15, -0.1) is 0 Å². The van der Waals surface area contributed by atoms with E-state index in [0.717, 1.165) is 0 Å². The summed E-state index contributed by atoms with van der Waals surface area (Å²) in [5.41, 5.74) is 1.03. The van der Waals surface area contributed by atoms with Crippen molar-refractivity contribution in [3.8, 4) is 6.07 Å². The highest BCUT2D eigenvalue weighted by molar-refractivity contribution is 6.42. The van der Waals surface area contributed by atoms with E-state index in [2.05, 4.69) is 10.6 Å². The summed E-state index contributed by atoms with van der Waals surface area (Å²) in [5.74, 6) is -0.895. The summed E-state index contributed by atoms with van der Waals surface area (Å²) < 4.78 is 0. The van der Waals surface area contributed by atoms with Crippen molar-refractivity contribution in [2.45, 2.75) is 0 Å². The van der Waals surface area contributed by atoms with Gasteiger partial charge in [0.15, 0.2) is 0 Å². The lowest BCUT2D eigenvalue weighted by Gasteiger charge is -2.08. The first-order valence-electron chi connectivity index (χ1n) is 6.53. The molecule has 23 heavy (non-hydrogen) atoms. The summed E-state index contributed by atoms with van der Waals surface area (Å²) in [6.45, 7) is -0.237. The molecule has 0 unspecified atom stereocenters. The fourth-order valence-corrected chi connectivity index (χ4v) is 2.08. The number of nitriles is 1. The van der Waals surface area contributed by atoms with Gasteiger partial charge in [-0.1, -0.05) is 35.3 Å². The van der Waals surface area contributed by atoms with Crippen LogP contribution in [0.15, 0.2) is 42.5 Å². The molecule has 0 spiro atoms. The number of rotatable bonds is 4. The molecule has 0 saturated carbocycles. The first-order valence-corrected chi connectivity index (χ1v) is 7.29. The molecule has 0 fully saturated rings. The first-order chi connectivity index (χ1) is 11.0. The minimum absolute atomic E-state index is 0.237. The van der Waals surface area contributed by atoms with Crippen LogP contribution in [0.3, 0.4) is 0 Å². The Morgan fingerprint density at radius 3 is 2.52 bits per heavy atom. The zero-order valence-electron chi connectivity index (χ0n) is 11.8. The Hall–Kier alpha value is -2.55. The lowest BCUT2D eigenvalue weighted by Crippen LogP contribution is -2.33. The van der Waals surface area contributed by atoms with Crippen LogP contribution in [-0.2, 0) is 4.79 Å². The predicted molar refractivity (Wildman–Crippen MR) is 88.6 cm³/mol. The maximum atomic E-state index is 11.9. The molecular weight excluding hydrogens is 337 g/mol. The molecule has 2 rings (SSSR count). The molecule has 7 heteroatoms. The molecule has 2 aromatic rings. The first kappa shape index (κ1) is 16.8. The Labute approximate surface area is 142 Å². The SMILES string of the molecule is N#Cc1ccccc1NC(=O)CNC(=O)c1ccc(Cl)c(Cl)c1. The van der Waals surface area contributed by atoms with Crippen LogP contribution in [-0.4, -0.2) is 18.4 Å². The zero-order valence-corrected chi connectivity index (χ0v) is 13.3. The van der Waals surface area contributed by atoms with Crippen molar-refractivity contribution in [3.63, 3.8) is 0 Å². The number of nitrogens with zero attached hydrogens (tertiary/aromatic N) is 1. The highest BCUT2D eigenvalue weighted by Crippen LogP contribution is 2.22. The van der Waals surface area contributed by atoms with Gasteiger partial charge < -0.3 is 10.6 Å².